The topological polar surface area (TPSA) is 92.8 Å². The predicted molar refractivity (Wildman–Crippen MR) is 23.5 cm³/mol. The highest BCUT2D eigenvalue weighted by molar-refractivity contribution is 5.64. The number of hydrogen-bond acceptors (Lipinski definition) is 4. The van der Waals surface area contributed by atoms with Crippen LogP contribution >= 0.6 is 0 Å². The second-order valence-corrected chi connectivity index (χ2v) is 1.36. The van der Waals surface area contributed by atoms with E-state index in [1.165, 1.54) is 0 Å². The van der Waals surface area contributed by atoms with E-state index in [0.29, 0.717) is 0 Å². The van der Waals surface area contributed by atoms with E-state index in [4.69, 9.17) is 10.2 Å². The summed E-state index contributed by atoms with van der Waals surface area (Å²) in [6.45, 7) is 0.873. The summed E-state index contributed by atoms with van der Waals surface area (Å²) in [7, 11) is 0. The summed E-state index contributed by atoms with van der Waals surface area (Å²) in [4.78, 5) is 9.69. The fourth-order valence-corrected chi connectivity index (χ4v) is 0.191. The lowest BCUT2D eigenvalue weighted by Crippen LogP contribution is -2.33. The third-order valence-electron chi connectivity index (χ3n) is 0.294. The number of carbonyl (C=O) groups excluding carboxylic acids is 1. The van der Waals surface area contributed by atoms with Crippen LogP contribution in [0.2, 0.25) is 0 Å². The maximum atomic E-state index is 9.69. The molecule has 5 nitrogen and oxygen atoms in total. The van der Waals surface area contributed by atoms with E-state index in [9.17, 15) is 4.79 Å². The average molecular weight is 121 g/mol. The van der Waals surface area contributed by atoms with Gasteiger partial charge in [0.15, 0.2) is 0 Å². The minimum atomic E-state index is -2.45. The first-order chi connectivity index (χ1) is 3.42. The van der Waals surface area contributed by atoms with E-state index in [1.54, 1.807) is 0 Å². The highest BCUT2D eigenvalue weighted by Crippen LogP contribution is 1.96. The summed E-state index contributed by atoms with van der Waals surface area (Å²) >= 11 is 0. The Labute approximate surface area is 45.7 Å². The molecule has 0 aliphatic heterocycles. The van der Waals surface area contributed by atoms with Crippen molar-refractivity contribution in [3.05, 3.63) is 0 Å². The molecule has 0 fully saturated rings. The molecule has 0 aromatic carbocycles. The molecule has 0 aromatic rings. The third-order valence-corrected chi connectivity index (χ3v) is 0.294. The van der Waals surface area contributed by atoms with Crippen molar-refractivity contribution in [1.82, 2.24) is 0 Å². The first-order valence-electron chi connectivity index (χ1n) is 1.85. The van der Waals surface area contributed by atoms with Gasteiger partial charge >= 0.3 is 12.1 Å². The molecule has 0 aliphatic carbocycles. The zero-order chi connectivity index (χ0) is 6.78. The molecule has 0 unspecified atom stereocenters. The Bertz CT molecular complexity index is 93.9. The van der Waals surface area contributed by atoms with Crippen LogP contribution in [0.5, 0.6) is 0 Å². The van der Waals surface area contributed by atoms with Crippen LogP contribution in [0.3, 0.4) is 0 Å². The fourth-order valence-electron chi connectivity index (χ4n) is 0.191. The maximum Gasteiger partial charge on any atom is 0.408 e. The van der Waals surface area contributed by atoms with Crippen LogP contribution in [0.1, 0.15) is 6.92 Å². The molecule has 0 saturated carbocycles. The molecule has 0 rings (SSSR count). The van der Waals surface area contributed by atoms with Gasteiger partial charge in [-0.05, 0) is 0 Å². The van der Waals surface area contributed by atoms with Gasteiger partial charge in [-0.25, -0.2) is 4.79 Å². The number of amides is 1. The maximum absolute atomic E-state index is 9.69. The third kappa shape index (κ3) is 5.19. The molecule has 0 spiro atoms. The van der Waals surface area contributed by atoms with Gasteiger partial charge in [0, 0.05) is 6.92 Å². The van der Waals surface area contributed by atoms with Gasteiger partial charge < -0.3 is 20.7 Å². The largest absolute Gasteiger partial charge is 0.408 e. The Morgan fingerprint density at radius 1 is 1.75 bits per heavy atom. The molecule has 5 heteroatoms. The van der Waals surface area contributed by atoms with Crippen LogP contribution in [0, 0.1) is 0 Å². The van der Waals surface area contributed by atoms with Crippen molar-refractivity contribution in [3.8, 4) is 0 Å². The number of carbonyl (C=O) groups is 1. The van der Waals surface area contributed by atoms with Gasteiger partial charge in [0.05, 0.1) is 0 Å². The number of rotatable bonds is 1. The highest BCUT2D eigenvalue weighted by atomic mass is 16.8. The van der Waals surface area contributed by atoms with Crippen LogP contribution in [-0.4, -0.2) is 22.3 Å². The van der Waals surface area contributed by atoms with Crippen LogP contribution < -0.4 is 5.73 Å². The summed E-state index contributed by atoms with van der Waals surface area (Å²) in [6, 6.07) is 0. The zero-order valence-electron chi connectivity index (χ0n) is 4.29. The molecule has 0 aliphatic rings. The van der Waals surface area contributed by atoms with Crippen molar-refractivity contribution in [1.29, 1.82) is 0 Å². The van der Waals surface area contributed by atoms with Crippen molar-refractivity contribution >= 4 is 6.09 Å². The summed E-state index contributed by atoms with van der Waals surface area (Å²) in [5.74, 6) is -2.45. The van der Waals surface area contributed by atoms with E-state index in [1.807, 2.05) is 0 Å². The van der Waals surface area contributed by atoms with Crippen molar-refractivity contribution in [2.45, 2.75) is 12.9 Å². The van der Waals surface area contributed by atoms with E-state index in [-0.39, 0.29) is 0 Å². The molecular formula is C3H7NO4. The molecule has 0 radical (unpaired) electrons. The van der Waals surface area contributed by atoms with Crippen molar-refractivity contribution in [3.63, 3.8) is 0 Å². The monoisotopic (exact) mass is 121 g/mol. The Morgan fingerprint density at radius 2 is 2.12 bits per heavy atom. The number of hydrogen-bond donors (Lipinski definition) is 3. The summed E-state index contributed by atoms with van der Waals surface area (Å²) in [5, 5.41) is 16.4. The standard InChI is InChI=1S/C3H7NO4/c1-3(6,7)8-2(4)5/h6-7H,1H3,(H2,4,5). The second kappa shape index (κ2) is 1.97. The van der Waals surface area contributed by atoms with Crippen LogP contribution in [0.15, 0.2) is 0 Å². The Kier molecular flexibility index (Phi) is 1.77. The number of nitrogens with two attached hydrogens (primary N) is 1. The lowest BCUT2D eigenvalue weighted by Gasteiger charge is -2.12. The average Bonchev–Trinajstić information content (AvgIpc) is 1.21. The first kappa shape index (κ1) is 7.19. The molecule has 0 bridgehead atoms. The molecule has 8 heavy (non-hydrogen) atoms. The molecule has 4 N–H and O–H groups in total. The normalized spacial score (nSPS) is 10.9. The van der Waals surface area contributed by atoms with Gasteiger partial charge in [0.2, 0.25) is 0 Å². The second-order valence-electron chi connectivity index (χ2n) is 1.36. The van der Waals surface area contributed by atoms with Crippen LogP contribution in [0.4, 0.5) is 4.79 Å². The van der Waals surface area contributed by atoms with E-state index >= 15 is 0 Å². The van der Waals surface area contributed by atoms with Gasteiger partial charge in [-0.1, -0.05) is 0 Å². The fraction of sp³-hybridized carbons (Fsp3) is 0.667. The Balaban J connectivity index is 3.55. The molecular weight excluding hydrogens is 114 g/mol. The lowest BCUT2D eigenvalue weighted by atomic mass is 10.7. The van der Waals surface area contributed by atoms with Gasteiger partial charge in [0.1, 0.15) is 0 Å². The van der Waals surface area contributed by atoms with Gasteiger partial charge in [-0.2, -0.15) is 0 Å². The molecule has 0 heterocycles. The van der Waals surface area contributed by atoms with Crippen LogP contribution in [0.25, 0.3) is 0 Å². The van der Waals surface area contributed by atoms with Gasteiger partial charge in [-0.3, -0.25) is 0 Å². The molecule has 0 saturated heterocycles. The van der Waals surface area contributed by atoms with E-state index in [0.717, 1.165) is 6.92 Å². The molecule has 1 amide bonds. The van der Waals surface area contributed by atoms with Gasteiger partial charge in [-0.15, -0.1) is 0 Å². The minimum Gasteiger partial charge on any atom is -0.392 e. The van der Waals surface area contributed by atoms with Crippen molar-refractivity contribution < 1.29 is 19.7 Å². The summed E-state index contributed by atoms with van der Waals surface area (Å²) in [5.41, 5.74) is 4.40. The highest BCUT2D eigenvalue weighted by Gasteiger charge is 2.18. The predicted octanol–water partition coefficient (Wildman–Crippen LogP) is -1.26. The Hall–Kier alpha value is -0.810. The zero-order valence-corrected chi connectivity index (χ0v) is 4.29. The first-order valence-corrected chi connectivity index (χ1v) is 1.85. The summed E-state index contributed by atoms with van der Waals surface area (Å²) < 4.78 is 3.69. The number of aliphatic hydroxyl groups is 2. The smallest absolute Gasteiger partial charge is 0.392 e. The Morgan fingerprint density at radius 3 is 2.12 bits per heavy atom. The van der Waals surface area contributed by atoms with Crippen molar-refractivity contribution in [2.75, 3.05) is 0 Å². The summed E-state index contributed by atoms with van der Waals surface area (Å²) in [6.07, 6.45) is -1.22. The number of ether oxygens (including phenoxy) is 1. The lowest BCUT2D eigenvalue weighted by molar-refractivity contribution is -0.292. The number of primary amides is 1. The molecule has 0 atom stereocenters. The molecule has 0 aromatic heterocycles. The van der Waals surface area contributed by atoms with Crippen LogP contribution in [-0.2, 0) is 4.74 Å². The van der Waals surface area contributed by atoms with E-state index in [2.05, 4.69) is 10.5 Å². The SMILES string of the molecule is CC(O)(O)OC(N)=O. The van der Waals surface area contributed by atoms with Crippen molar-refractivity contribution in [2.24, 2.45) is 5.73 Å². The quantitative estimate of drug-likeness (QED) is 0.377. The minimum absolute atomic E-state index is 0.873. The van der Waals surface area contributed by atoms with Gasteiger partial charge in [0.25, 0.3) is 0 Å². The van der Waals surface area contributed by atoms with E-state index < -0.39 is 12.1 Å². The molecule has 48 valence electrons.